The van der Waals surface area contributed by atoms with Crippen molar-refractivity contribution in [1.82, 2.24) is 4.57 Å². The highest BCUT2D eigenvalue weighted by Crippen LogP contribution is 2.41. The number of aromatic nitrogens is 1. The zero-order valence-electron chi connectivity index (χ0n) is 12.9. The van der Waals surface area contributed by atoms with Crippen LogP contribution in [0.15, 0.2) is 36.4 Å². The monoisotopic (exact) mass is 325 g/mol. The van der Waals surface area contributed by atoms with Gasteiger partial charge in [0.15, 0.2) is 17.3 Å². The number of rotatable bonds is 3. The molecule has 0 aliphatic carbocycles. The number of fused-ring (bicyclic) bond motifs is 3. The molecule has 3 aromatic rings. The van der Waals surface area contributed by atoms with E-state index in [1.54, 1.807) is 31.4 Å². The summed E-state index contributed by atoms with van der Waals surface area (Å²) < 4.78 is 12.6. The third-order valence-electron chi connectivity index (χ3n) is 4.24. The zero-order chi connectivity index (χ0) is 16.8. The van der Waals surface area contributed by atoms with E-state index in [2.05, 4.69) is 0 Å². The average Bonchev–Trinajstić information content (AvgIpc) is 3.16. The van der Waals surface area contributed by atoms with Crippen molar-refractivity contribution in [3.63, 3.8) is 0 Å². The van der Waals surface area contributed by atoms with E-state index in [-0.39, 0.29) is 17.3 Å². The summed E-state index contributed by atoms with van der Waals surface area (Å²) in [5, 5.41) is 20.1. The van der Waals surface area contributed by atoms with E-state index < -0.39 is 0 Å². The van der Waals surface area contributed by atoms with E-state index >= 15 is 0 Å². The SMILES string of the molecule is COc1ccc(C(=O)c2c3n(c4cc(O)c(O)cc24)CCO3)cc1. The van der Waals surface area contributed by atoms with Crippen LogP contribution >= 0.6 is 0 Å². The minimum Gasteiger partial charge on any atom is -0.504 e. The van der Waals surface area contributed by atoms with Crippen molar-refractivity contribution < 1.29 is 24.5 Å². The lowest BCUT2D eigenvalue weighted by molar-refractivity contribution is 0.103. The van der Waals surface area contributed by atoms with Crippen LogP contribution in [0.4, 0.5) is 0 Å². The van der Waals surface area contributed by atoms with Gasteiger partial charge in [-0.05, 0) is 30.3 Å². The first kappa shape index (κ1) is 14.4. The summed E-state index contributed by atoms with van der Waals surface area (Å²) in [6.45, 7) is 1.06. The van der Waals surface area contributed by atoms with Crippen molar-refractivity contribution in [2.75, 3.05) is 13.7 Å². The second-order valence-corrected chi connectivity index (χ2v) is 5.60. The van der Waals surface area contributed by atoms with Crippen LogP contribution < -0.4 is 9.47 Å². The number of methoxy groups -OCH3 is 1. The Balaban J connectivity index is 1.92. The Hall–Kier alpha value is -3.15. The Labute approximate surface area is 137 Å². The van der Waals surface area contributed by atoms with E-state index in [1.165, 1.54) is 12.1 Å². The molecule has 4 rings (SSSR count). The molecule has 0 fully saturated rings. The highest BCUT2D eigenvalue weighted by molar-refractivity contribution is 6.19. The second-order valence-electron chi connectivity index (χ2n) is 5.60. The van der Waals surface area contributed by atoms with Gasteiger partial charge >= 0.3 is 0 Å². The quantitative estimate of drug-likeness (QED) is 0.571. The van der Waals surface area contributed by atoms with Crippen molar-refractivity contribution in [2.45, 2.75) is 6.54 Å². The van der Waals surface area contributed by atoms with Gasteiger partial charge in [-0.25, -0.2) is 0 Å². The fraction of sp³-hybridized carbons (Fsp3) is 0.167. The highest BCUT2D eigenvalue weighted by Gasteiger charge is 2.28. The molecule has 1 aromatic heterocycles. The zero-order valence-corrected chi connectivity index (χ0v) is 12.9. The summed E-state index contributed by atoms with van der Waals surface area (Å²) in [4.78, 5) is 13.0. The van der Waals surface area contributed by atoms with Gasteiger partial charge in [-0.1, -0.05) is 0 Å². The first-order valence-electron chi connectivity index (χ1n) is 7.50. The molecule has 0 atom stereocenters. The van der Waals surface area contributed by atoms with Crippen LogP contribution in [-0.2, 0) is 6.54 Å². The smallest absolute Gasteiger partial charge is 0.206 e. The number of hydrogen-bond donors (Lipinski definition) is 2. The average molecular weight is 325 g/mol. The molecule has 1 aliphatic rings. The largest absolute Gasteiger partial charge is 0.504 e. The number of benzene rings is 2. The predicted octanol–water partition coefficient (Wildman–Crippen LogP) is 2.68. The van der Waals surface area contributed by atoms with E-state index in [0.29, 0.717) is 46.8 Å². The van der Waals surface area contributed by atoms with Gasteiger partial charge < -0.3 is 24.3 Å². The van der Waals surface area contributed by atoms with E-state index in [9.17, 15) is 15.0 Å². The maximum Gasteiger partial charge on any atom is 0.206 e. The molecule has 6 nitrogen and oxygen atoms in total. The lowest BCUT2D eigenvalue weighted by atomic mass is 10.0. The molecular weight excluding hydrogens is 310 g/mol. The van der Waals surface area contributed by atoms with Gasteiger partial charge in [0.1, 0.15) is 12.4 Å². The predicted molar refractivity (Wildman–Crippen MR) is 87.2 cm³/mol. The highest BCUT2D eigenvalue weighted by atomic mass is 16.5. The Bertz CT molecular complexity index is 956. The number of ether oxygens (including phenoxy) is 2. The molecule has 0 radical (unpaired) electrons. The molecular formula is C18H15NO5. The number of hydrogen-bond acceptors (Lipinski definition) is 5. The lowest BCUT2D eigenvalue weighted by Crippen LogP contribution is -2.03. The van der Waals surface area contributed by atoms with Gasteiger partial charge in [0.25, 0.3) is 0 Å². The van der Waals surface area contributed by atoms with E-state index in [1.807, 2.05) is 4.57 Å². The summed E-state index contributed by atoms with van der Waals surface area (Å²) in [7, 11) is 1.56. The minimum absolute atomic E-state index is 0.205. The van der Waals surface area contributed by atoms with Crippen molar-refractivity contribution in [3.8, 4) is 23.1 Å². The lowest BCUT2D eigenvalue weighted by Gasteiger charge is -2.05. The van der Waals surface area contributed by atoms with Crippen LogP contribution in [0, 0.1) is 0 Å². The molecule has 122 valence electrons. The maximum absolute atomic E-state index is 13.0. The molecule has 24 heavy (non-hydrogen) atoms. The summed E-state index contributed by atoms with van der Waals surface area (Å²) in [6.07, 6.45) is 0. The van der Waals surface area contributed by atoms with Crippen molar-refractivity contribution >= 4 is 16.7 Å². The van der Waals surface area contributed by atoms with Crippen LogP contribution in [0.25, 0.3) is 10.9 Å². The van der Waals surface area contributed by atoms with Crippen LogP contribution in [0.1, 0.15) is 15.9 Å². The van der Waals surface area contributed by atoms with Crippen LogP contribution in [0.3, 0.4) is 0 Å². The molecule has 0 saturated carbocycles. The molecule has 0 unspecified atom stereocenters. The second kappa shape index (κ2) is 5.19. The van der Waals surface area contributed by atoms with Gasteiger partial charge in [-0.3, -0.25) is 4.79 Å². The molecule has 6 heteroatoms. The first-order chi connectivity index (χ1) is 11.6. The molecule has 1 aliphatic heterocycles. The molecule has 2 heterocycles. The summed E-state index contributed by atoms with van der Waals surface area (Å²) in [5.41, 5.74) is 1.55. The Morgan fingerprint density at radius 2 is 1.88 bits per heavy atom. The standard InChI is InChI=1S/C18H15NO5/c1-23-11-4-2-10(3-5-11)17(22)16-12-8-14(20)15(21)9-13(12)19-6-7-24-18(16)19/h2-5,8-9,20-21H,6-7H2,1H3. The van der Waals surface area contributed by atoms with Crippen molar-refractivity contribution in [2.24, 2.45) is 0 Å². The Kier molecular flexibility index (Phi) is 3.13. The fourth-order valence-corrected chi connectivity index (χ4v) is 3.06. The van der Waals surface area contributed by atoms with Gasteiger partial charge in [0.2, 0.25) is 5.88 Å². The van der Waals surface area contributed by atoms with Crippen LogP contribution in [0.5, 0.6) is 23.1 Å². The normalized spacial score (nSPS) is 12.9. The first-order valence-corrected chi connectivity index (χ1v) is 7.50. The van der Waals surface area contributed by atoms with Gasteiger partial charge in [0, 0.05) is 17.0 Å². The van der Waals surface area contributed by atoms with Gasteiger partial charge in [-0.15, -0.1) is 0 Å². The van der Waals surface area contributed by atoms with Crippen molar-refractivity contribution in [3.05, 3.63) is 47.5 Å². The number of carbonyl (C=O) groups is 1. The Morgan fingerprint density at radius 3 is 2.58 bits per heavy atom. The molecule has 2 aromatic carbocycles. The van der Waals surface area contributed by atoms with E-state index in [0.717, 1.165) is 0 Å². The molecule has 0 amide bonds. The number of carbonyl (C=O) groups excluding carboxylic acids is 1. The summed E-state index contributed by atoms with van der Waals surface area (Å²) in [6, 6.07) is 9.66. The number of aromatic hydroxyl groups is 2. The summed E-state index contributed by atoms with van der Waals surface area (Å²) >= 11 is 0. The number of ketones is 1. The molecule has 0 spiro atoms. The van der Waals surface area contributed by atoms with Crippen LogP contribution in [0.2, 0.25) is 0 Å². The number of phenols is 2. The van der Waals surface area contributed by atoms with Gasteiger partial charge in [0.05, 0.1) is 24.7 Å². The van der Waals surface area contributed by atoms with Gasteiger partial charge in [-0.2, -0.15) is 0 Å². The number of nitrogens with zero attached hydrogens (tertiary/aromatic N) is 1. The minimum atomic E-state index is -0.268. The maximum atomic E-state index is 13.0. The molecule has 0 saturated heterocycles. The number of phenolic OH excluding ortho intramolecular Hbond substituents is 2. The summed E-state index contributed by atoms with van der Waals surface area (Å²) in [5.74, 6) is 0.435. The third-order valence-corrected chi connectivity index (χ3v) is 4.24. The third kappa shape index (κ3) is 2.00. The topological polar surface area (TPSA) is 80.9 Å². The fourth-order valence-electron chi connectivity index (χ4n) is 3.06. The molecule has 0 bridgehead atoms. The van der Waals surface area contributed by atoms with Crippen molar-refractivity contribution in [1.29, 1.82) is 0 Å². The molecule has 2 N–H and O–H groups in total. The van der Waals surface area contributed by atoms with Crippen LogP contribution in [-0.4, -0.2) is 34.3 Å². The Morgan fingerprint density at radius 1 is 1.17 bits per heavy atom. The van der Waals surface area contributed by atoms with E-state index in [4.69, 9.17) is 9.47 Å².